The van der Waals surface area contributed by atoms with E-state index in [-0.39, 0.29) is 12.4 Å². The summed E-state index contributed by atoms with van der Waals surface area (Å²) in [5, 5.41) is 4.20. The van der Waals surface area contributed by atoms with Crippen LogP contribution >= 0.6 is 12.4 Å². The van der Waals surface area contributed by atoms with Gasteiger partial charge in [0.2, 0.25) is 5.88 Å². The highest BCUT2D eigenvalue weighted by Crippen LogP contribution is 2.08. The van der Waals surface area contributed by atoms with E-state index in [1.165, 1.54) is 0 Å². The SMILES string of the molecule is COc1ccc(Cn2cc(CN)cn2)cn1.Cl. The fourth-order valence-electron chi connectivity index (χ4n) is 1.41. The Bertz CT molecular complexity index is 455. The topological polar surface area (TPSA) is 66.0 Å². The van der Waals surface area contributed by atoms with Crippen LogP contribution in [0.25, 0.3) is 0 Å². The average molecular weight is 255 g/mol. The zero-order chi connectivity index (χ0) is 11.4. The van der Waals surface area contributed by atoms with Gasteiger partial charge in [0.25, 0.3) is 0 Å². The Kier molecular flexibility index (Phi) is 4.93. The maximum Gasteiger partial charge on any atom is 0.212 e. The van der Waals surface area contributed by atoms with E-state index in [1.807, 2.05) is 23.0 Å². The predicted octanol–water partition coefficient (Wildman–Crippen LogP) is 1.22. The maximum atomic E-state index is 5.51. The van der Waals surface area contributed by atoms with Gasteiger partial charge in [0.1, 0.15) is 0 Å². The first-order valence-electron chi connectivity index (χ1n) is 5.02. The molecule has 0 aliphatic rings. The second-order valence-electron chi connectivity index (χ2n) is 3.46. The molecule has 2 rings (SSSR count). The quantitative estimate of drug-likeness (QED) is 0.891. The summed E-state index contributed by atoms with van der Waals surface area (Å²) in [6, 6.07) is 3.80. The highest BCUT2D eigenvalue weighted by molar-refractivity contribution is 5.85. The number of aromatic nitrogens is 3. The third kappa shape index (κ3) is 3.44. The van der Waals surface area contributed by atoms with Crippen LogP contribution in [0.15, 0.2) is 30.7 Å². The number of nitrogens with zero attached hydrogens (tertiary/aromatic N) is 3. The van der Waals surface area contributed by atoms with E-state index in [1.54, 1.807) is 19.5 Å². The van der Waals surface area contributed by atoms with Crippen LogP contribution in [0.1, 0.15) is 11.1 Å². The standard InChI is InChI=1S/C11H14N4O.ClH/c1-16-11-3-2-9(5-13-11)7-15-8-10(4-12)6-14-15;/h2-3,5-6,8H,4,7,12H2,1H3;1H. The van der Waals surface area contributed by atoms with E-state index in [2.05, 4.69) is 10.1 Å². The van der Waals surface area contributed by atoms with Gasteiger partial charge in [0, 0.05) is 30.6 Å². The number of pyridine rings is 1. The van der Waals surface area contributed by atoms with Crippen LogP contribution in [-0.2, 0) is 13.1 Å². The molecule has 17 heavy (non-hydrogen) atoms. The molecular formula is C11H15ClN4O. The predicted molar refractivity (Wildman–Crippen MR) is 67.3 cm³/mol. The van der Waals surface area contributed by atoms with Gasteiger partial charge in [0.05, 0.1) is 19.9 Å². The zero-order valence-electron chi connectivity index (χ0n) is 9.54. The molecule has 2 N–H and O–H groups in total. The van der Waals surface area contributed by atoms with Crippen LogP contribution < -0.4 is 10.5 Å². The van der Waals surface area contributed by atoms with E-state index < -0.39 is 0 Å². The van der Waals surface area contributed by atoms with Crippen molar-refractivity contribution < 1.29 is 4.74 Å². The van der Waals surface area contributed by atoms with Gasteiger partial charge in [-0.2, -0.15) is 5.10 Å². The molecule has 0 bridgehead atoms. The molecule has 2 heterocycles. The van der Waals surface area contributed by atoms with Gasteiger partial charge in [-0.15, -0.1) is 12.4 Å². The Labute approximate surface area is 106 Å². The molecule has 2 aromatic rings. The lowest BCUT2D eigenvalue weighted by Gasteiger charge is -2.02. The molecule has 0 atom stereocenters. The van der Waals surface area contributed by atoms with Crippen molar-refractivity contribution in [3.8, 4) is 5.88 Å². The van der Waals surface area contributed by atoms with Crippen LogP contribution in [0.3, 0.4) is 0 Å². The number of methoxy groups -OCH3 is 1. The Morgan fingerprint density at radius 3 is 2.65 bits per heavy atom. The van der Waals surface area contributed by atoms with Gasteiger partial charge in [-0.3, -0.25) is 4.68 Å². The molecule has 0 spiro atoms. The van der Waals surface area contributed by atoms with Gasteiger partial charge in [-0.25, -0.2) is 4.98 Å². The second kappa shape index (κ2) is 6.22. The number of hydrogen-bond donors (Lipinski definition) is 1. The number of halogens is 1. The lowest BCUT2D eigenvalue weighted by atomic mass is 10.3. The minimum Gasteiger partial charge on any atom is -0.481 e. The van der Waals surface area contributed by atoms with E-state index >= 15 is 0 Å². The molecule has 0 aromatic carbocycles. The van der Waals surface area contributed by atoms with Gasteiger partial charge in [-0.1, -0.05) is 6.07 Å². The highest BCUT2D eigenvalue weighted by atomic mass is 35.5. The largest absolute Gasteiger partial charge is 0.481 e. The summed E-state index contributed by atoms with van der Waals surface area (Å²) in [7, 11) is 1.60. The smallest absolute Gasteiger partial charge is 0.212 e. The summed E-state index contributed by atoms with van der Waals surface area (Å²) in [4.78, 5) is 4.13. The molecule has 0 radical (unpaired) electrons. The van der Waals surface area contributed by atoms with Crippen LogP contribution in [0.4, 0.5) is 0 Å². The molecule has 6 heteroatoms. The van der Waals surface area contributed by atoms with Crippen LogP contribution in [0.5, 0.6) is 5.88 Å². The van der Waals surface area contributed by atoms with Gasteiger partial charge in [-0.05, 0) is 5.56 Å². The Morgan fingerprint density at radius 2 is 2.12 bits per heavy atom. The van der Waals surface area contributed by atoms with Crippen LogP contribution in [0.2, 0.25) is 0 Å². The maximum absolute atomic E-state index is 5.51. The fourth-order valence-corrected chi connectivity index (χ4v) is 1.41. The molecule has 92 valence electrons. The molecule has 0 aliphatic heterocycles. The number of nitrogens with two attached hydrogens (primary N) is 1. The normalized spacial score (nSPS) is 9.76. The van der Waals surface area contributed by atoms with Crippen molar-refractivity contribution in [2.75, 3.05) is 7.11 Å². The summed E-state index contributed by atoms with van der Waals surface area (Å²) in [6.45, 7) is 1.21. The molecule has 5 nitrogen and oxygen atoms in total. The third-order valence-corrected chi connectivity index (χ3v) is 2.27. The minimum absolute atomic E-state index is 0. The monoisotopic (exact) mass is 254 g/mol. The van der Waals surface area contributed by atoms with E-state index in [4.69, 9.17) is 10.5 Å². The highest BCUT2D eigenvalue weighted by Gasteiger charge is 1.99. The Balaban J connectivity index is 0.00000144. The first-order valence-corrected chi connectivity index (χ1v) is 5.02. The van der Waals surface area contributed by atoms with Crippen molar-refractivity contribution in [2.45, 2.75) is 13.1 Å². The van der Waals surface area contributed by atoms with E-state index in [0.29, 0.717) is 19.0 Å². The summed E-state index contributed by atoms with van der Waals surface area (Å²) in [5.41, 5.74) is 7.62. The van der Waals surface area contributed by atoms with Crippen molar-refractivity contribution >= 4 is 12.4 Å². The van der Waals surface area contributed by atoms with Gasteiger partial charge in [0.15, 0.2) is 0 Å². The molecule has 0 aliphatic carbocycles. The molecule has 0 saturated carbocycles. The summed E-state index contributed by atoms with van der Waals surface area (Å²) >= 11 is 0. The molecule has 0 fully saturated rings. The Hall–Kier alpha value is -1.59. The summed E-state index contributed by atoms with van der Waals surface area (Å²) in [5.74, 6) is 0.617. The first-order chi connectivity index (χ1) is 7.81. The minimum atomic E-state index is 0. The number of ether oxygens (including phenoxy) is 1. The fraction of sp³-hybridized carbons (Fsp3) is 0.273. The van der Waals surface area contributed by atoms with Crippen LogP contribution in [0, 0.1) is 0 Å². The number of hydrogen-bond acceptors (Lipinski definition) is 4. The van der Waals surface area contributed by atoms with Gasteiger partial charge < -0.3 is 10.5 Å². The third-order valence-electron chi connectivity index (χ3n) is 2.27. The van der Waals surface area contributed by atoms with E-state index in [9.17, 15) is 0 Å². The van der Waals surface area contributed by atoms with Crippen LogP contribution in [-0.4, -0.2) is 21.9 Å². The zero-order valence-corrected chi connectivity index (χ0v) is 10.4. The average Bonchev–Trinajstić information content (AvgIpc) is 2.78. The lowest BCUT2D eigenvalue weighted by molar-refractivity contribution is 0.397. The molecular weight excluding hydrogens is 240 g/mol. The lowest BCUT2D eigenvalue weighted by Crippen LogP contribution is -2.01. The summed E-state index contributed by atoms with van der Waals surface area (Å²) < 4.78 is 6.83. The Morgan fingerprint density at radius 1 is 1.29 bits per heavy atom. The second-order valence-corrected chi connectivity index (χ2v) is 3.46. The van der Waals surface area contributed by atoms with Crippen molar-refractivity contribution in [3.63, 3.8) is 0 Å². The molecule has 0 unspecified atom stereocenters. The number of rotatable bonds is 4. The molecule has 2 aromatic heterocycles. The van der Waals surface area contributed by atoms with Crippen molar-refractivity contribution in [1.82, 2.24) is 14.8 Å². The van der Waals surface area contributed by atoms with Crippen molar-refractivity contribution in [2.24, 2.45) is 5.73 Å². The summed E-state index contributed by atoms with van der Waals surface area (Å²) in [6.07, 6.45) is 5.49. The van der Waals surface area contributed by atoms with Crippen molar-refractivity contribution in [3.05, 3.63) is 41.9 Å². The van der Waals surface area contributed by atoms with E-state index in [0.717, 1.165) is 11.1 Å². The first kappa shape index (κ1) is 13.5. The van der Waals surface area contributed by atoms with Gasteiger partial charge >= 0.3 is 0 Å². The molecule has 0 amide bonds. The van der Waals surface area contributed by atoms with Crippen molar-refractivity contribution in [1.29, 1.82) is 0 Å². The molecule has 0 saturated heterocycles.